The summed E-state index contributed by atoms with van der Waals surface area (Å²) in [6.45, 7) is 2.16. The van der Waals surface area contributed by atoms with Crippen molar-refractivity contribution >= 4 is 32.8 Å². The molecular formula is C20H17BrFNO4. The van der Waals surface area contributed by atoms with E-state index < -0.39 is 17.2 Å². The van der Waals surface area contributed by atoms with Gasteiger partial charge in [-0.05, 0) is 52.7 Å². The molecule has 5 nitrogen and oxygen atoms in total. The number of esters is 1. The van der Waals surface area contributed by atoms with Gasteiger partial charge in [0.15, 0.2) is 0 Å². The smallest absolute Gasteiger partial charge is 0.343 e. The molecule has 2 aromatic carbocycles. The van der Waals surface area contributed by atoms with E-state index in [4.69, 9.17) is 9.47 Å². The second-order valence-electron chi connectivity index (χ2n) is 5.85. The Kier molecular flexibility index (Phi) is 5.60. The highest BCUT2D eigenvalue weighted by Crippen LogP contribution is 2.23. The summed E-state index contributed by atoms with van der Waals surface area (Å²) in [6.07, 6.45) is 1.42. The third-order valence-corrected chi connectivity index (χ3v) is 4.74. The second kappa shape index (κ2) is 7.92. The van der Waals surface area contributed by atoms with Gasteiger partial charge in [-0.15, -0.1) is 0 Å². The van der Waals surface area contributed by atoms with Crippen LogP contribution in [0.15, 0.2) is 51.9 Å². The number of aromatic nitrogens is 1. The SMILES string of the molecule is CCOC(=O)c1cn(Cc2ccc(OC)cc2)c2cc(F)c(Br)cc2c1=O. The molecule has 0 spiro atoms. The lowest BCUT2D eigenvalue weighted by molar-refractivity contribution is 0.0524. The lowest BCUT2D eigenvalue weighted by Crippen LogP contribution is -2.21. The van der Waals surface area contributed by atoms with Crippen molar-refractivity contribution in [1.82, 2.24) is 4.57 Å². The van der Waals surface area contributed by atoms with Crippen molar-refractivity contribution in [1.29, 1.82) is 0 Å². The zero-order valence-electron chi connectivity index (χ0n) is 14.8. The highest BCUT2D eigenvalue weighted by Gasteiger charge is 2.18. The van der Waals surface area contributed by atoms with Gasteiger partial charge in [-0.1, -0.05) is 12.1 Å². The molecule has 1 aromatic heterocycles. The number of halogens is 2. The summed E-state index contributed by atoms with van der Waals surface area (Å²) in [4.78, 5) is 24.9. The normalized spacial score (nSPS) is 10.8. The van der Waals surface area contributed by atoms with Crippen LogP contribution in [0.5, 0.6) is 5.75 Å². The Bertz CT molecular complexity index is 1060. The first-order chi connectivity index (χ1) is 12.9. The monoisotopic (exact) mass is 433 g/mol. The molecule has 3 rings (SSSR count). The Morgan fingerprint density at radius 1 is 1.22 bits per heavy atom. The van der Waals surface area contributed by atoms with Crippen molar-refractivity contribution in [3.63, 3.8) is 0 Å². The van der Waals surface area contributed by atoms with Crippen LogP contribution in [0.3, 0.4) is 0 Å². The van der Waals surface area contributed by atoms with Gasteiger partial charge in [-0.25, -0.2) is 9.18 Å². The fraction of sp³-hybridized carbons (Fsp3) is 0.200. The van der Waals surface area contributed by atoms with E-state index in [1.807, 2.05) is 24.3 Å². The number of fused-ring (bicyclic) bond motifs is 1. The van der Waals surface area contributed by atoms with Gasteiger partial charge in [0.05, 0.1) is 23.7 Å². The minimum atomic E-state index is -0.701. The van der Waals surface area contributed by atoms with Crippen molar-refractivity contribution in [2.45, 2.75) is 13.5 Å². The Labute approximate surface area is 163 Å². The topological polar surface area (TPSA) is 57.5 Å². The number of nitrogens with zero attached hydrogens (tertiary/aromatic N) is 1. The molecule has 3 aromatic rings. The van der Waals surface area contributed by atoms with Gasteiger partial charge in [0.2, 0.25) is 5.43 Å². The summed E-state index contributed by atoms with van der Waals surface area (Å²) in [7, 11) is 1.58. The van der Waals surface area contributed by atoms with E-state index >= 15 is 0 Å². The number of carbonyl (C=O) groups excluding carboxylic acids is 1. The van der Waals surface area contributed by atoms with Crippen molar-refractivity contribution in [2.24, 2.45) is 0 Å². The molecule has 0 saturated heterocycles. The van der Waals surface area contributed by atoms with Crippen LogP contribution in [0.1, 0.15) is 22.8 Å². The average molecular weight is 434 g/mol. The van der Waals surface area contributed by atoms with Gasteiger partial charge < -0.3 is 14.0 Å². The van der Waals surface area contributed by atoms with E-state index in [1.165, 1.54) is 18.3 Å². The van der Waals surface area contributed by atoms with Crippen molar-refractivity contribution in [3.05, 3.63) is 74.2 Å². The number of benzene rings is 2. The molecule has 0 aliphatic heterocycles. The molecule has 0 radical (unpaired) electrons. The zero-order chi connectivity index (χ0) is 19.6. The van der Waals surface area contributed by atoms with Gasteiger partial charge in [-0.2, -0.15) is 0 Å². The molecule has 1 heterocycles. The lowest BCUT2D eigenvalue weighted by atomic mass is 10.1. The molecule has 0 saturated carbocycles. The molecule has 0 unspecified atom stereocenters. The maximum Gasteiger partial charge on any atom is 0.343 e. The molecule has 0 amide bonds. The minimum Gasteiger partial charge on any atom is -0.497 e. The maximum absolute atomic E-state index is 14.1. The second-order valence-corrected chi connectivity index (χ2v) is 6.71. The van der Waals surface area contributed by atoms with Crippen molar-refractivity contribution < 1.29 is 18.7 Å². The standard InChI is InChI=1S/C20H17BrFNO4/c1-3-27-20(25)15-11-23(10-12-4-6-13(26-2)7-5-12)18-9-17(22)16(21)8-14(18)19(15)24/h4-9,11H,3,10H2,1-2H3. The van der Waals surface area contributed by atoms with Gasteiger partial charge in [0, 0.05) is 18.1 Å². The van der Waals surface area contributed by atoms with Crippen LogP contribution in [0.4, 0.5) is 4.39 Å². The first-order valence-electron chi connectivity index (χ1n) is 8.26. The molecule has 0 atom stereocenters. The number of methoxy groups -OCH3 is 1. The van der Waals surface area contributed by atoms with Crippen LogP contribution in [0, 0.1) is 5.82 Å². The number of hydrogen-bond donors (Lipinski definition) is 0. The van der Waals surface area contributed by atoms with E-state index in [9.17, 15) is 14.0 Å². The van der Waals surface area contributed by atoms with Crippen LogP contribution in [-0.4, -0.2) is 24.3 Å². The summed E-state index contributed by atoms with van der Waals surface area (Å²) in [6, 6.07) is 10.0. The van der Waals surface area contributed by atoms with Crippen LogP contribution < -0.4 is 10.2 Å². The predicted octanol–water partition coefficient (Wildman–Crippen LogP) is 4.14. The molecule has 0 N–H and O–H groups in total. The lowest BCUT2D eigenvalue weighted by Gasteiger charge is -2.14. The van der Waals surface area contributed by atoms with E-state index in [2.05, 4.69) is 15.9 Å². The number of carbonyl (C=O) groups is 1. The fourth-order valence-corrected chi connectivity index (χ4v) is 3.14. The Hall–Kier alpha value is -2.67. The summed E-state index contributed by atoms with van der Waals surface area (Å²) >= 11 is 3.10. The highest BCUT2D eigenvalue weighted by atomic mass is 79.9. The maximum atomic E-state index is 14.1. The zero-order valence-corrected chi connectivity index (χ0v) is 16.4. The van der Waals surface area contributed by atoms with Crippen molar-refractivity contribution in [3.8, 4) is 5.75 Å². The number of pyridine rings is 1. The number of ether oxygens (including phenoxy) is 2. The van der Waals surface area contributed by atoms with E-state index in [1.54, 1.807) is 18.6 Å². The molecular weight excluding hydrogens is 417 g/mol. The van der Waals surface area contributed by atoms with Gasteiger partial charge in [0.25, 0.3) is 0 Å². The molecule has 140 valence electrons. The third-order valence-electron chi connectivity index (χ3n) is 4.13. The summed E-state index contributed by atoms with van der Waals surface area (Å²) in [5.41, 5.74) is 0.718. The Morgan fingerprint density at radius 2 is 1.93 bits per heavy atom. The van der Waals surface area contributed by atoms with Gasteiger partial charge >= 0.3 is 5.97 Å². The van der Waals surface area contributed by atoms with Crippen LogP contribution in [-0.2, 0) is 11.3 Å². The molecule has 0 fully saturated rings. The average Bonchev–Trinajstić information content (AvgIpc) is 2.66. The molecule has 0 aliphatic rings. The Morgan fingerprint density at radius 3 is 2.56 bits per heavy atom. The summed E-state index contributed by atoms with van der Waals surface area (Å²) < 4.78 is 26.1. The van der Waals surface area contributed by atoms with Crippen LogP contribution in [0.2, 0.25) is 0 Å². The van der Waals surface area contributed by atoms with Gasteiger partial charge in [0.1, 0.15) is 17.1 Å². The fourth-order valence-electron chi connectivity index (χ4n) is 2.80. The molecule has 0 aliphatic carbocycles. The molecule has 27 heavy (non-hydrogen) atoms. The van der Waals surface area contributed by atoms with Crippen LogP contribution in [0.25, 0.3) is 10.9 Å². The van der Waals surface area contributed by atoms with Crippen LogP contribution >= 0.6 is 15.9 Å². The quantitative estimate of drug-likeness (QED) is 0.567. The predicted molar refractivity (Wildman–Crippen MR) is 104 cm³/mol. The largest absolute Gasteiger partial charge is 0.497 e. The first kappa shape index (κ1) is 19.1. The first-order valence-corrected chi connectivity index (χ1v) is 9.06. The summed E-state index contributed by atoms with van der Waals surface area (Å²) in [5, 5.41) is 0.238. The third kappa shape index (κ3) is 3.88. The number of rotatable bonds is 5. The van der Waals surface area contributed by atoms with E-state index in [0.717, 1.165) is 5.56 Å². The number of hydrogen-bond acceptors (Lipinski definition) is 4. The summed E-state index contributed by atoms with van der Waals surface area (Å²) in [5.74, 6) is -0.478. The van der Waals surface area contributed by atoms with Gasteiger partial charge in [-0.3, -0.25) is 4.79 Å². The molecule has 7 heteroatoms. The van der Waals surface area contributed by atoms with Crippen molar-refractivity contribution in [2.75, 3.05) is 13.7 Å². The minimum absolute atomic E-state index is 0.0867. The molecule has 0 bridgehead atoms. The van der Waals surface area contributed by atoms with E-state index in [0.29, 0.717) is 17.8 Å². The van der Waals surface area contributed by atoms with E-state index in [-0.39, 0.29) is 22.0 Å². The highest BCUT2D eigenvalue weighted by molar-refractivity contribution is 9.10. The Balaban J connectivity index is 2.18.